The normalized spacial score (nSPS) is 17.3. The molecule has 1 aliphatic heterocycles. The van der Waals surface area contributed by atoms with E-state index in [0.29, 0.717) is 6.61 Å². The molecule has 2 atom stereocenters. The minimum absolute atomic E-state index is 0.00258. The summed E-state index contributed by atoms with van der Waals surface area (Å²) in [7, 11) is 5.96. The molecule has 156 valence electrons. The van der Waals surface area contributed by atoms with Gasteiger partial charge in [0.25, 0.3) is 0 Å². The van der Waals surface area contributed by atoms with E-state index in [1.807, 2.05) is 18.2 Å². The van der Waals surface area contributed by atoms with Gasteiger partial charge in [0.2, 0.25) is 0 Å². The summed E-state index contributed by atoms with van der Waals surface area (Å²) in [5.41, 5.74) is 3.41. The van der Waals surface area contributed by atoms with E-state index in [1.165, 1.54) is 23.1 Å². The molecule has 2 heterocycles. The highest BCUT2D eigenvalue weighted by atomic mass is 31.1. The van der Waals surface area contributed by atoms with Crippen molar-refractivity contribution >= 4 is 19.9 Å². The quantitative estimate of drug-likeness (QED) is 0.586. The lowest BCUT2D eigenvalue weighted by Gasteiger charge is -2.22. The van der Waals surface area contributed by atoms with Gasteiger partial charge in [-0.15, -0.1) is 0 Å². The third kappa shape index (κ3) is 6.25. The van der Waals surface area contributed by atoms with Gasteiger partial charge in [-0.1, -0.05) is 12.1 Å². The summed E-state index contributed by atoms with van der Waals surface area (Å²) in [5.74, 6) is 0.685. The van der Waals surface area contributed by atoms with Crippen molar-refractivity contribution < 1.29 is 18.2 Å². The van der Waals surface area contributed by atoms with Crippen LogP contribution in [0.4, 0.5) is 4.39 Å². The molecule has 1 fully saturated rings. The Morgan fingerprint density at radius 3 is 2.79 bits per heavy atom. The second-order valence-corrected chi connectivity index (χ2v) is 7.85. The second-order valence-electron chi connectivity index (χ2n) is 7.16. The number of aromatic amines is 1. The van der Waals surface area contributed by atoms with E-state index < -0.39 is 0 Å². The maximum atomic E-state index is 12.8. The third-order valence-electron chi connectivity index (χ3n) is 4.75. The van der Waals surface area contributed by atoms with E-state index in [-0.39, 0.29) is 21.0 Å². The number of methoxy groups -OCH3 is 1. The number of aromatic nitrogens is 1. The highest BCUT2D eigenvalue weighted by Gasteiger charge is 2.16. The monoisotopic (exact) mass is 418 g/mol. The van der Waals surface area contributed by atoms with E-state index in [1.54, 1.807) is 13.2 Å². The first-order chi connectivity index (χ1) is 14.1. The Morgan fingerprint density at radius 1 is 1.24 bits per heavy atom. The maximum Gasteiger partial charge on any atom is 0.155 e. The largest absolute Gasteiger partial charge is 0.497 e. The Kier molecular flexibility index (Phi) is 8.01. The van der Waals surface area contributed by atoms with Crippen LogP contribution in [0.2, 0.25) is 0 Å². The molecule has 0 radical (unpaired) electrons. The zero-order chi connectivity index (χ0) is 20.6. The van der Waals surface area contributed by atoms with Gasteiger partial charge < -0.3 is 23.7 Å². The van der Waals surface area contributed by atoms with Gasteiger partial charge in [-0.05, 0) is 55.9 Å². The smallest absolute Gasteiger partial charge is 0.155 e. The number of halogens is 1. The summed E-state index contributed by atoms with van der Waals surface area (Å²) in [5, 5.41) is 1.29. The number of ether oxygens (including phenoxy) is 1. The first-order valence-corrected chi connectivity index (χ1v) is 10.4. The number of hydrogen-bond donors (Lipinski definition) is 1. The van der Waals surface area contributed by atoms with E-state index in [9.17, 15) is 4.39 Å². The molecule has 0 amide bonds. The predicted octanol–water partition coefficient (Wildman–Crippen LogP) is 5.09. The minimum atomic E-state index is -0.212. The van der Waals surface area contributed by atoms with Crippen molar-refractivity contribution in [2.24, 2.45) is 0 Å². The van der Waals surface area contributed by atoms with Crippen molar-refractivity contribution in [2.75, 3.05) is 34.4 Å². The van der Waals surface area contributed by atoms with Crippen LogP contribution in [0.1, 0.15) is 23.7 Å². The molecule has 1 aromatic heterocycles. The Morgan fingerprint density at radius 2 is 2.10 bits per heavy atom. The van der Waals surface area contributed by atoms with E-state index in [2.05, 4.69) is 36.2 Å². The van der Waals surface area contributed by atoms with Crippen molar-refractivity contribution in [3.8, 4) is 5.75 Å². The van der Waals surface area contributed by atoms with Crippen LogP contribution < -0.4 is 4.74 Å². The minimum Gasteiger partial charge on any atom is -0.497 e. The first-order valence-electron chi connectivity index (χ1n) is 9.63. The highest BCUT2D eigenvalue weighted by Crippen LogP contribution is 2.35. The summed E-state index contributed by atoms with van der Waals surface area (Å²) >= 11 is 0. The number of nitrogens with zero attached hydrogens (tertiary/aromatic N) is 1. The zero-order valence-corrected chi connectivity index (χ0v) is 18.1. The predicted molar refractivity (Wildman–Crippen MR) is 116 cm³/mol. The summed E-state index contributed by atoms with van der Waals surface area (Å²) in [6.45, 7) is 1.76. The van der Waals surface area contributed by atoms with E-state index >= 15 is 0 Å². The molecule has 1 saturated heterocycles. The van der Waals surface area contributed by atoms with Gasteiger partial charge in [0.15, 0.2) is 9.03 Å². The number of hydrogen-bond acceptors (Lipinski definition) is 4. The molecule has 1 N–H and O–H groups in total. The van der Waals surface area contributed by atoms with Crippen LogP contribution >= 0.6 is 9.03 Å². The Balaban J connectivity index is 0.000000169. The van der Waals surface area contributed by atoms with Crippen molar-refractivity contribution in [3.63, 3.8) is 0 Å². The molecule has 5 nitrogen and oxygen atoms in total. The number of nitrogens with one attached hydrogen (secondary N) is 1. The molecule has 0 aliphatic carbocycles. The van der Waals surface area contributed by atoms with Crippen molar-refractivity contribution in [2.45, 2.75) is 18.9 Å². The fourth-order valence-corrected chi connectivity index (χ4v) is 3.78. The molecule has 0 bridgehead atoms. The molecular formula is C22H28FN2O3P. The molecule has 3 aromatic rings. The molecule has 2 unspecified atom stereocenters. The van der Waals surface area contributed by atoms with E-state index in [0.717, 1.165) is 36.2 Å². The summed E-state index contributed by atoms with van der Waals surface area (Å²) in [6, 6.07) is 12.7. The Labute approximate surface area is 173 Å². The van der Waals surface area contributed by atoms with E-state index in [4.69, 9.17) is 13.8 Å². The van der Waals surface area contributed by atoms with Gasteiger partial charge in [0, 0.05) is 36.1 Å². The van der Waals surface area contributed by atoms with Crippen LogP contribution in [0.15, 0.2) is 48.7 Å². The summed E-state index contributed by atoms with van der Waals surface area (Å²) in [4.78, 5) is 5.48. The standard InChI is InChI=1S/C13H18N2O.C9H10FO2P/c1-15(2)7-6-10-9-14-13-8-11(16-3)4-5-12(10)13;10-8-3-1-2-7(6-8)9-4-5-11-13-12-9/h4-5,8-9,14H,6-7H2,1-3H3;1-3,6,9,13H,4-5H2. The summed E-state index contributed by atoms with van der Waals surface area (Å²) in [6.07, 6.45) is 3.96. The molecule has 4 rings (SSSR count). The Bertz CT molecular complexity index is 910. The van der Waals surface area contributed by atoms with Gasteiger partial charge in [-0.3, -0.25) is 0 Å². The number of likely N-dealkylation sites (N-methyl/N-ethyl adjacent to an activating group) is 1. The third-order valence-corrected chi connectivity index (χ3v) is 5.46. The molecule has 2 aromatic carbocycles. The fourth-order valence-electron chi connectivity index (χ4n) is 3.14. The number of H-pyrrole nitrogens is 1. The number of rotatable bonds is 5. The zero-order valence-electron chi connectivity index (χ0n) is 17.1. The average molecular weight is 418 g/mol. The topological polar surface area (TPSA) is 46.7 Å². The molecule has 1 aliphatic rings. The SMILES string of the molecule is COc1ccc2c(CCN(C)C)c[nH]c2c1.Fc1cccc(C2CCOPO2)c1. The Hall–Kier alpha value is -1.98. The van der Waals surface area contributed by atoms with Gasteiger partial charge in [0.1, 0.15) is 11.6 Å². The van der Waals surface area contributed by atoms with Crippen LogP contribution in [-0.2, 0) is 15.5 Å². The van der Waals surface area contributed by atoms with Crippen LogP contribution in [0.3, 0.4) is 0 Å². The summed E-state index contributed by atoms with van der Waals surface area (Å²) < 4.78 is 28.5. The van der Waals surface area contributed by atoms with Crippen LogP contribution in [0.5, 0.6) is 5.75 Å². The average Bonchev–Trinajstić information content (AvgIpc) is 3.15. The maximum absolute atomic E-state index is 12.8. The van der Waals surface area contributed by atoms with Crippen molar-refractivity contribution in [3.05, 3.63) is 65.6 Å². The molecule has 0 saturated carbocycles. The molecule has 0 spiro atoms. The molecule has 29 heavy (non-hydrogen) atoms. The van der Waals surface area contributed by atoms with Crippen molar-refractivity contribution in [1.29, 1.82) is 0 Å². The molecular weight excluding hydrogens is 390 g/mol. The van der Waals surface area contributed by atoms with Gasteiger partial charge in [0.05, 0.1) is 19.8 Å². The van der Waals surface area contributed by atoms with Gasteiger partial charge in [-0.25, -0.2) is 4.39 Å². The number of fused-ring (bicyclic) bond motifs is 1. The first kappa shape index (κ1) is 21.7. The van der Waals surface area contributed by atoms with Crippen LogP contribution in [-0.4, -0.2) is 44.2 Å². The molecule has 7 heteroatoms. The lowest BCUT2D eigenvalue weighted by atomic mass is 10.1. The van der Waals surface area contributed by atoms with Gasteiger partial charge in [-0.2, -0.15) is 0 Å². The number of benzene rings is 2. The van der Waals surface area contributed by atoms with Gasteiger partial charge >= 0.3 is 0 Å². The second kappa shape index (κ2) is 10.7. The van der Waals surface area contributed by atoms with Crippen LogP contribution in [0.25, 0.3) is 10.9 Å². The van der Waals surface area contributed by atoms with Crippen molar-refractivity contribution in [1.82, 2.24) is 9.88 Å². The fraction of sp³-hybridized carbons (Fsp3) is 0.364. The lowest BCUT2D eigenvalue weighted by Crippen LogP contribution is -2.14. The van der Waals surface area contributed by atoms with Crippen LogP contribution in [0, 0.1) is 5.82 Å². The highest BCUT2D eigenvalue weighted by molar-refractivity contribution is 7.26. The lowest BCUT2D eigenvalue weighted by molar-refractivity contribution is 0.121.